The number of benzene rings is 1. The fourth-order valence-electron chi connectivity index (χ4n) is 4.06. The van der Waals surface area contributed by atoms with Crippen molar-refractivity contribution in [3.63, 3.8) is 0 Å². The molecule has 1 fully saturated rings. The van der Waals surface area contributed by atoms with Crippen LogP contribution in [0.25, 0.3) is 0 Å². The summed E-state index contributed by atoms with van der Waals surface area (Å²) in [5, 5.41) is 11.5. The maximum Gasteiger partial charge on any atom is 0.352 e. The van der Waals surface area contributed by atoms with Gasteiger partial charge in [-0.2, -0.15) is 0 Å². The summed E-state index contributed by atoms with van der Waals surface area (Å²) in [6.45, 7) is 1.52. The first kappa shape index (κ1) is 23.1. The van der Waals surface area contributed by atoms with Crippen molar-refractivity contribution in [1.82, 2.24) is 10.2 Å². The maximum absolute atomic E-state index is 13.1. The molecule has 3 unspecified atom stereocenters. The second-order valence-electron chi connectivity index (χ2n) is 7.75. The third-order valence-electron chi connectivity index (χ3n) is 5.75. The number of methoxy groups -OCH3 is 1. The number of nitrogens with two attached hydrogens (primary N) is 1. The van der Waals surface area contributed by atoms with Gasteiger partial charge in [0.15, 0.2) is 0 Å². The lowest BCUT2D eigenvalue weighted by Gasteiger charge is -2.55. The first-order valence-electron chi connectivity index (χ1n) is 10.1. The van der Waals surface area contributed by atoms with Crippen molar-refractivity contribution >= 4 is 35.5 Å². The minimum Gasteiger partial charge on any atom is -0.493 e. The minimum atomic E-state index is -1.77. The average Bonchev–Trinajstić information content (AvgIpc) is 3.27. The molecular formula is C21H23N3O8S. The molecule has 4 N–H and O–H groups in total. The molecule has 4 rings (SSSR count). The van der Waals surface area contributed by atoms with E-state index in [1.54, 1.807) is 18.2 Å². The van der Waals surface area contributed by atoms with E-state index in [1.807, 2.05) is 0 Å². The van der Waals surface area contributed by atoms with E-state index in [-0.39, 0.29) is 23.6 Å². The predicted molar refractivity (Wildman–Crippen MR) is 115 cm³/mol. The van der Waals surface area contributed by atoms with Gasteiger partial charge in [0.1, 0.15) is 29.5 Å². The maximum atomic E-state index is 13.1. The SMILES string of the molecule is COC1(NC(=O)C(N)c2ccc3c(c2)CCO3)C(=O)N2C(C(=O)O)=C(COC(C)=O)CSC21. The van der Waals surface area contributed by atoms with Crippen molar-refractivity contribution in [2.45, 2.75) is 30.5 Å². The Bertz CT molecular complexity index is 1070. The molecule has 1 saturated heterocycles. The highest BCUT2D eigenvalue weighted by molar-refractivity contribution is 8.00. The Hall–Kier alpha value is -3.09. The Kier molecular flexibility index (Phi) is 6.08. The molecule has 1 aromatic carbocycles. The second-order valence-corrected chi connectivity index (χ2v) is 8.82. The first-order valence-corrected chi connectivity index (χ1v) is 11.2. The van der Waals surface area contributed by atoms with Gasteiger partial charge in [-0.05, 0) is 23.3 Å². The number of hydrogen-bond acceptors (Lipinski definition) is 9. The van der Waals surface area contributed by atoms with Crippen molar-refractivity contribution in [2.24, 2.45) is 5.73 Å². The number of aliphatic carboxylic acids is 1. The number of esters is 1. The summed E-state index contributed by atoms with van der Waals surface area (Å²) >= 11 is 1.19. The van der Waals surface area contributed by atoms with Crippen molar-refractivity contribution < 1.29 is 38.5 Å². The van der Waals surface area contributed by atoms with Gasteiger partial charge < -0.3 is 30.4 Å². The number of ether oxygens (including phenoxy) is 3. The molecule has 0 bridgehead atoms. The Morgan fingerprint density at radius 2 is 2.18 bits per heavy atom. The predicted octanol–water partition coefficient (Wildman–Crippen LogP) is -0.103. The third-order valence-corrected chi connectivity index (χ3v) is 7.12. The van der Waals surface area contributed by atoms with E-state index in [0.717, 1.165) is 16.2 Å². The Morgan fingerprint density at radius 3 is 2.85 bits per heavy atom. The summed E-state index contributed by atoms with van der Waals surface area (Å²) in [7, 11) is 1.26. The quantitative estimate of drug-likeness (QED) is 0.275. The highest BCUT2D eigenvalue weighted by Gasteiger charge is 2.66. The zero-order valence-electron chi connectivity index (χ0n) is 18.0. The lowest BCUT2D eigenvalue weighted by Crippen LogP contribution is -2.81. The monoisotopic (exact) mass is 477 g/mol. The molecule has 1 aromatic rings. The fourth-order valence-corrected chi connectivity index (χ4v) is 5.48. The number of amides is 2. The fraction of sp³-hybridized carbons (Fsp3) is 0.429. The Morgan fingerprint density at radius 1 is 1.42 bits per heavy atom. The summed E-state index contributed by atoms with van der Waals surface area (Å²) in [6, 6.07) is 4.15. The van der Waals surface area contributed by atoms with Crippen LogP contribution in [-0.2, 0) is 35.1 Å². The van der Waals surface area contributed by atoms with Crippen LogP contribution in [0.15, 0.2) is 29.5 Å². The van der Waals surface area contributed by atoms with Gasteiger partial charge in [0, 0.05) is 31.8 Å². The lowest BCUT2D eigenvalue weighted by molar-refractivity contribution is -0.192. The molecule has 12 heteroatoms. The first-order chi connectivity index (χ1) is 15.7. The summed E-state index contributed by atoms with van der Waals surface area (Å²) < 4.78 is 15.8. The lowest BCUT2D eigenvalue weighted by atomic mass is 9.96. The van der Waals surface area contributed by atoms with E-state index in [9.17, 15) is 24.3 Å². The number of carbonyl (C=O) groups is 4. The highest BCUT2D eigenvalue weighted by Crippen LogP contribution is 2.46. The molecule has 176 valence electrons. The molecule has 3 atom stereocenters. The number of thioether (sulfide) groups is 1. The van der Waals surface area contributed by atoms with Crippen LogP contribution >= 0.6 is 11.8 Å². The zero-order valence-corrected chi connectivity index (χ0v) is 18.8. The molecule has 0 saturated carbocycles. The van der Waals surface area contributed by atoms with E-state index in [1.165, 1.54) is 25.8 Å². The molecule has 2 amide bonds. The van der Waals surface area contributed by atoms with Crippen LogP contribution in [0.1, 0.15) is 24.1 Å². The van der Waals surface area contributed by atoms with Crippen LogP contribution in [0.2, 0.25) is 0 Å². The third kappa shape index (κ3) is 3.83. The Balaban J connectivity index is 1.55. The van der Waals surface area contributed by atoms with Crippen LogP contribution < -0.4 is 15.8 Å². The van der Waals surface area contributed by atoms with Crippen molar-refractivity contribution in [1.29, 1.82) is 0 Å². The smallest absolute Gasteiger partial charge is 0.352 e. The molecule has 33 heavy (non-hydrogen) atoms. The van der Waals surface area contributed by atoms with Crippen molar-refractivity contribution in [3.05, 3.63) is 40.6 Å². The summed E-state index contributed by atoms with van der Waals surface area (Å²) in [5.74, 6) is -2.38. The molecular weight excluding hydrogens is 454 g/mol. The van der Waals surface area contributed by atoms with Crippen LogP contribution in [-0.4, -0.2) is 70.9 Å². The number of β-lactam (4-membered cyclic amide) rings is 1. The molecule has 0 radical (unpaired) electrons. The molecule has 3 heterocycles. The summed E-state index contributed by atoms with van der Waals surface area (Å²) in [4.78, 5) is 50.1. The van der Waals surface area contributed by atoms with Gasteiger partial charge in [0.05, 0.1) is 6.61 Å². The average molecular weight is 477 g/mol. The van der Waals surface area contributed by atoms with Crippen LogP contribution in [0.5, 0.6) is 5.75 Å². The topological polar surface area (TPSA) is 157 Å². The molecule has 0 spiro atoms. The molecule has 0 aliphatic carbocycles. The number of rotatable bonds is 7. The van der Waals surface area contributed by atoms with Gasteiger partial charge in [0.25, 0.3) is 11.6 Å². The van der Waals surface area contributed by atoms with Gasteiger partial charge in [-0.15, -0.1) is 11.8 Å². The molecule has 11 nitrogen and oxygen atoms in total. The van der Waals surface area contributed by atoms with E-state index >= 15 is 0 Å². The van der Waals surface area contributed by atoms with Crippen LogP contribution in [0.4, 0.5) is 0 Å². The number of fused-ring (bicyclic) bond motifs is 2. The second kappa shape index (κ2) is 8.69. The molecule has 3 aliphatic heterocycles. The largest absolute Gasteiger partial charge is 0.493 e. The number of carboxylic acid groups (broad SMARTS) is 1. The number of carboxylic acids is 1. The summed E-state index contributed by atoms with van der Waals surface area (Å²) in [5.41, 5.74) is 5.89. The van der Waals surface area contributed by atoms with Gasteiger partial charge in [-0.1, -0.05) is 6.07 Å². The van der Waals surface area contributed by atoms with Gasteiger partial charge in [-0.3, -0.25) is 19.3 Å². The van der Waals surface area contributed by atoms with E-state index in [2.05, 4.69) is 5.32 Å². The Labute approximate surface area is 193 Å². The number of carbonyl (C=O) groups excluding carboxylic acids is 3. The van der Waals surface area contributed by atoms with Crippen molar-refractivity contribution in [2.75, 3.05) is 26.1 Å². The van der Waals surface area contributed by atoms with E-state index < -0.39 is 40.9 Å². The van der Waals surface area contributed by atoms with E-state index in [0.29, 0.717) is 18.6 Å². The summed E-state index contributed by atoms with van der Waals surface area (Å²) in [6.07, 6.45) is 0.714. The standard InChI is InChI=1S/C21H23N3O8S/c1-10(25)32-8-13-9-33-20-21(30-2,19(29)24(20)16(13)18(27)28)23-17(26)15(22)12-3-4-14-11(7-12)5-6-31-14/h3-4,7,15,20H,5-6,8-9,22H2,1-2H3,(H,23,26)(H,27,28). The molecule has 0 aromatic heterocycles. The van der Waals surface area contributed by atoms with Gasteiger partial charge in [0.2, 0.25) is 5.91 Å². The number of hydrogen-bond donors (Lipinski definition) is 3. The van der Waals surface area contributed by atoms with E-state index in [4.69, 9.17) is 19.9 Å². The van der Waals surface area contributed by atoms with Gasteiger partial charge in [-0.25, -0.2) is 4.79 Å². The van der Waals surface area contributed by atoms with Crippen LogP contribution in [0.3, 0.4) is 0 Å². The number of nitrogens with zero attached hydrogens (tertiary/aromatic N) is 1. The highest BCUT2D eigenvalue weighted by atomic mass is 32.2. The van der Waals surface area contributed by atoms with Gasteiger partial charge >= 0.3 is 11.9 Å². The zero-order chi connectivity index (χ0) is 23.9. The van der Waals surface area contributed by atoms with Crippen LogP contribution in [0, 0.1) is 0 Å². The molecule has 3 aliphatic rings. The minimum absolute atomic E-state index is 0.168. The number of nitrogens with one attached hydrogen (secondary N) is 1. The normalized spacial score (nSPS) is 24.3. The van der Waals surface area contributed by atoms with Crippen molar-refractivity contribution in [3.8, 4) is 5.75 Å².